The van der Waals surface area contributed by atoms with Crippen molar-refractivity contribution in [1.29, 1.82) is 15.8 Å². The first kappa shape index (κ1) is 28.3. The third-order valence-corrected chi connectivity index (χ3v) is 1.70. The van der Waals surface area contributed by atoms with Crippen LogP contribution in [-0.4, -0.2) is 53.2 Å². The van der Waals surface area contributed by atoms with E-state index in [9.17, 15) is 9.59 Å². The molecule has 0 aromatic carbocycles. The van der Waals surface area contributed by atoms with E-state index in [1.165, 1.54) is 6.08 Å². The predicted molar refractivity (Wildman–Crippen MR) is 83.8 cm³/mol. The molecule has 4 N–H and O–H groups in total. The Morgan fingerprint density at radius 1 is 1.09 bits per heavy atom. The fourth-order valence-electron chi connectivity index (χ4n) is 0.877. The summed E-state index contributed by atoms with van der Waals surface area (Å²) in [5.41, 5.74) is 4.57. The molecule has 128 valence electrons. The number of nitriles is 3. The number of hydrogen-bond acceptors (Lipinski definition) is 7. The van der Waals surface area contributed by atoms with E-state index in [1.807, 2.05) is 12.1 Å². The molecule has 23 heavy (non-hydrogen) atoms. The highest BCUT2D eigenvalue weighted by Gasteiger charge is 2.07. The summed E-state index contributed by atoms with van der Waals surface area (Å²) in [5.74, 6) is -1.90. The Balaban J connectivity index is -0.000000150. The van der Waals surface area contributed by atoms with Crippen molar-refractivity contribution >= 4 is 11.9 Å². The lowest BCUT2D eigenvalue weighted by Gasteiger charge is -2.16. The number of aliphatic carboxylic acids is 2. The van der Waals surface area contributed by atoms with E-state index in [0.717, 1.165) is 0 Å². The van der Waals surface area contributed by atoms with Crippen LogP contribution in [0.5, 0.6) is 0 Å². The van der Waals surface area contributed by atoms with Crippen LogP contribution < -0.4 is 5.73 Å². The van der Waals surface area contributed by atoms with Crippen LogP contribution in [0.15, 0.2) is 12.7 Å². The first-order valence-corrected chi connectivity index (χ1v) is 5.99. The molecule has 0 aromatic heterocycles. The van der Waals surface area contributed by atoms with Crippen molar-refractivity contribution in [1.82, 2.24) is 4.90 Å². The highest BCUT2D eigenvalue weighted by atomic mass is 16.4. The van der Waals surface area contributed by atoms with Crippen molar-refractivity contribution in [2.45, 2.75) is 20.3 Å². The van der Waals surface area contributed by atoms with Gasteiger partial charge in [-0.1, -0.05) is 14.0 Å². The fourth-order valence-corrected chi connectivity index (χ4v) is 0.877. The molecule has 0 aromatic rings. The van der Waals surface area contributed by atoms with Gasteiger partial charge in [0.1, 0.15) is 0 Å². The Hall–Kier alpha value is -2.93. The Kier molecular flexibility index (Phi) is 29.6. The maximum absolute atomic E-state index is 10.3. The molecular weight excluding hydrogens is 302 g/mol. The largest absolute Gasteiger partial charge is 0.480 e. The van der Waals surface area contributed by atoms with Crippen molar-refractivity contribution in [2.75, 3.05) is 26.2 Å². The van der Waals surface area contributed by atoms with Crippen LogP contribution >= 0.6 is 0 Å². The number of allylic oxidation sites excluding steroid dienone is 1. The smallest absolute Gasteiger partial charge is 0.317 e. The van der Waals surface area contributed by atoms with Gasteiger partial charge >= 0.3 is 11.9 Å². The molecule has 0 saturated heterocycles. The molecule has 0 atom stereocenters. The molecule has 0 saturated carbocycles. The van der Waals surface area contributed by atoms with Gasteiger partial charge in [-0.2, -0.15) is 15.8 Å². The standard InChI is InChI=1S/C8H11N3O2.C3H3N.C2H5NO2.CH4/c9-3-1-5-11(6-2-4-10)7-8(12)13;1-2-3-4;3-1-2(4)5;/h1-2,5-7H2,(H,12,13);2H,1H2;1,3H2,(H,4,5);1H4. The summed E-state index contributed by atoms with van der Waals surface area (Å²) in [6.45, 7) is 3.55. The zero-order valence-corrected chi connectivity index (χ0v) is 12.1. The molecule has 0 aliphatic rings. The highest BCUT2D eigenvalue weighted by molar-refractivity contribution is 5.69. The number of carboxylic acids is 2. The van der Waals surface area contributed by atoms with Crippen LogP contribution in [0.1, 0.15) is 20.3 Å². The topological polar surface area (TPSA) is 175 Å². The van der Waals surface area contributed by atoms with Crippen molar-refractivity contribution in [3.63, 3.8) is 0 Å². The molecule has 9 heteroatoms. The lowest BCUT2D eigenvalue weighted by atomic mass is 10.3. The minimum atomic E-state index is -0.968. The Morgan fingerprint density at radius 2 is 1.43 bits per heavy atom. The Bertz CT molecular complexity index is 428. The summed E-state index contributed by atoms with van der Waals surface area (Å²) < 4.78 is 0. The molecular formula is C14H23N5O4. The number of nitrogens with zero attached hydrogens (tertiary/aromatic N) is 4. The van der Waals surface area contributed by atoms with Crippen LogP contribution in [0, 0.1) is 34.0 Å². The van der Waals surface area contributed by atoms with Crippen LogP contribution in [0.3, 0.4) is 0 Å². The van der Waals surface area contributed by atoms with Crippen LogP contribution in [0.25, 0.3) is 0 Å². The van der Waals surface area contributed by atoms with E-state index < -0.39 is 11.9 Å². The highest BCUT2D eigenvalue weighted by Crippen LogP contribution is 1.93. The van der Waals surface area contributed by atoms with Gasteiger partial charge in [0, 0.05) is 32.0 Å². The van der Waals surface area contributed by atoms with E-state index >= 15 is 0 Å². The third-order valence-electron chi connectivity index (χ3n) is 1.70. The van der Waals surface area contributed by atoms with Crippen LogP contribution in [0.4, 0.5) is 0 Å². The minimum absolute atomic E-state index is 0. The van der Waals surface area contributed by atoms with Crippen molar-refractivity contribution in [3.8, 4) is 18.2 Å². The van der Waals surface area contributed by atoms with Gasteiger partial charge in [-0.25, -0.2) is 0 Å². The molecule has 0 aliphatic carbocycles. The molecule has 0 amide bonds. The van der Waals surface area contributed by atoms with Gasteiger partial charge in [0.05, 0.1) is 31.3 Å². The molecule has 0 spiro atoms. The van der Waals surface area contributed by atoms with Gasteiger partial charge < -0.3 is 15.9 Å². The number of hydrogen-bond donors (Lipinski definition) is 3. The summed E-state index contributed by atoms with van der Waals surface area (Å²) in [6, 6.07) is 5.56. The minimum Gasteiger partial charge on any atom is -0.480 e. The van der Waals surface area contributed by atoms with Crippen molar-refractivity contribution in [3.05, 3.63) is 12.7 Å². The first-order valence-electron chi connectivity index (χ1n) is 5.99. The van der Waals surface area contributed by atoms with E-state index in [4.69, 9.17) is 26.0 Å². The summed E-state index contributed by atoms with van der Waals surface area (Å²) in [7, 11) is 0. The summed E-state index contributed by atoms with van der Waals surface area (Å²) in [6.07, 6.45) is 1.76. The second kappa shape index (κ2) is 24.1. The second-order valence-corrected chi connectivity index (χ2v) is 3.42. The fraction of sp³-hybridized carbons (Fsp3) is 0.500. The van der Waals surface area contributed by atoms with Gasteiger partial charge in [0.25, 0.3) is 0 Å². The Labute approximate surface area is 136 Å². The molecule has 0 fully saturated rings. The van der Waals surface area contributed by atoms with Crippen LogP contribution in [0.2, 0.25) is 0 Å². The Morgan fingerprint density at radius 3 is 1.61 bits per heavy atom. The van der Waals surface area contributed by atoms with Gasteiger partial charge in [0.15, 0.2) is 0 Å². The molecule has 0 bridgehead atoms. The molecule has 0 heterocycles. The number of carboxylic acid groups (broad SMARTS) is 2. The molecule has 9 nitrogen and oxygen atoms in total. The number of carbonyl (C=O) groups is 2. The van der Waals surface area contributed by atoms with E-state index in [2.05, 4.69) is 12.3 Å². The lowest BCUT2D eigenvalue weighted by Crippen LogP contribution is -2.31. The maximum Gasteiger partial charge on any atom is 0.317 e. The van der Waals surface area contributed by atoms with Gasteiger partial charge in [0.2, 0.25) is 0 Å². The van der Waals surface area contributed by atoms with Crippen molar-refractivity contribution < 1.29 is 19.8 Å². The van der Waals surface area contributed by atoms with Gasteiger partial charge in [-0.3, -0.25) is 14.5 Å². The molecule has 0 radical (unpaired) electrons. The zero-order chi connectivity index (χ0) is 17.8. The quantitative estimate of drug-likeness (QED) is 0.564. The predicted octanol–water partition coefficient (Wildman–Crippen LogP) is 0.562. The molecule has 0 rings (SSSR count). The second-order valence-electron chi connectivity index (χ2n) is 3.42. The van der Waals surface area contributed by atoms with E-state index in [1.54, 1.807) is 11.0 Å². The SMILES string of the molecule is C.C=CC#N.N#CCCN(CCC#N)CC(=O)O.NCC(=O)O. The maximum atomic E-state index is 10.3. The van der Waals surface area contributed by atoms with Gasteiger partial charge in [-0.15, -0.1) is 0 Å². The first-order chi connectivity index (χ1) is 10.4. The average Bonchev–Trinajstić information content (AvgIpc) is 2.50. The molecule has 0 aliphatic heterocycles. The normalized spacial score (nSPS) is 7.43. The number of nitrogens with two attached hydrogens (primary N) is 1. The molecule has 0 unspecified atom stereocenters. The summed E-state index contributed by atoms with van der Waals surface area (Å²) in [5, 5.41) is 40.2. The van der Waals surface area contributed by atoms with Crippen molar-refractivity contribution in [2.24, 2.45) is 5.73 Å². The summed E-state index contributed by atoms with van der Waals surface area (Å²) >= 11 is 0. The lowest BCUT2D eigenvalue weighted by molar-refractivity contribution is -0.138. The summed E-state index contributed by atoms with van der Waals surface area (Å²) in [4.78, 5) is 21.1. The number of rotatable bonds is 7. The third kappa shape index (κ3) is 38.1. The average molecular weight is 325 g/mol. The van der Waals surface area contributed by atoms with Gasteiger partial charge in [-0.05, 0) is 0 Å². The van der Waals surface area contributed by atoms with E-state index in [-0.39, 0.29) is 20.5 Å². The van der Waals surface area contributed by atoms with Crippen LogP contribution in [-0.2, 0) is 9.59 Å². The zero-order valence-electron chi connectivity index (χ0n) is 12.1. The monoisotopic (exact) mass is 325 g/mol. The van der Waals surface area contributed by atoms with E-state index in [0.29, 0.717) is 25.9 Å².